The number of rotatable bonds is 4. The van der Waals surface area contributed by atoms with Crippen LogP contribution >= 0.6 is 0 Å². The topological polar surface area (TPSA) is 55.1 Å². The van der Waals surface area contributed by atoms with Crippen LogP contribution < -0.4 is 11.1 Å². The summed E-state index contributed by atoms with van der Waals surface area (Å²) in [5, 5.41) is 3.08. The number of carbonyl (C=O) groups is 1. The van der Waals surface area contributed by atoms with Gasteiger partial charge in [0.05, 0.1) is 0 Å². The van der Waals surface area contributed by atoms with Gasteiger partial charge in [-0.25, -0.2) is 0 Å². The smallest absolute Gasteiger partial charge is 0.223 e. The third-order valence-electron chi connectivity index (χ3n) is 3.73. The Hall–Kier alpha value is -0.570. The number of hydrogen-bond donors (Lipinski definition) is 2. The molecule has 3 nitrogen and oxygen atoms in total. The summed E-state index contributed by atoms with van der Waals surface area (Å²) in [6.45, 7) is 4.02. The van der Waals surface area contributed by atoms with Crippen LogP contribution in [0, 0.1) is 17.8 Å². The summed E-state index contributed by atoms with van der Waals surface area (Å²) in [4.78, 5) is 11.9. The predicted octanol–water partition coefficient (Wildman–Crippen LogP) is 1.27. The lowest BCUT2D eigenvalue weighted by molar-refractivity contribution is -0.125. The van der Waals surface area contributed by atoms with Crippen molar-refractivity contribution in [3.63, 3.8) is 0 Å². The highest BCUT2D eigenvalue weighted by Gasteiger charge is 2.48. The molecular formula is C12H22N2O. The average molecular weight is 210 g/mol. The number of nitrogens with one attached hydrogen (secondary N) is 1. The third kappa shape index (κ3) is 2.71. The molecule has 0 heterocycles. The van der Waals surface area contributed by atoms with E-state index in [1.165, 1.54) is 6.42 Å². The molecule has 2 aliphatic carbocycles. The quantitative estimate of drug-likeness (QED) is 0.734. The van der Waals surface area contributed by atoms with Crippen LogP contribution in [0.1, 0.15) is 39.5 Å². The first-order valence-corrected chi connectivity index (χ1v) is 6.12. The normalized spacial score (nSPS) is 36.9. The maximum absolute atomic E-state index is 11.9. The zero-order valence-electron chi connectivity index (χ0n) is 9.70. The van der Waals surface area contributed by atoms with Gasteiger partial charge in [-0.15, -0.1) is 0 Å². The van der Waals surface area contributed by atoms with Crippen LogP contribution in [0.25, 0.3) is 0 Å². The Balaban J connectivity index is 1.72. The van der Waals surface area contributed by atoms with E-state index in [0.29, 0.717) is 5.92 Å². The Morgan fingerprint density at radius 1 is 1.33 bits per heavy atom. The lowest BCUT2D eigenvalue weighted by Crippen LogP contribution is -2.39. The van der Waals surface area contributed by atoms with Gasteiger partial charge in [0.25, 0.3) is 0 Å². The third-order valence-corrected chi connectivity index (χ3v) is 3.73. The minimum atomic E-state index is 0.164. The van der Waals surface area contributed by atoms with Gasteiger partial charge in [-0.3, -0.25) is 4.79 Å². The number of fused-ring (bicyclic) bond motifs is 1. The van der Waals surface area contributed by atoms with Crippen molar-refractivity contribution in [3.8, 4) is 0 Å². The van der Waals surface area contributed by atoms with E-state index in [4.69, 9.17) is 5.73 Å². The fourth-order valence-corrected chi connectivity index (χ4v) is 2.91. The maximum Gasteiger partial charge on any atom is 0.223 e. The van der Waals surface area contributed by atoms with Crippen LogP contribution in [0.3, 0.4) is 0 Å². The summed E-state index contributed by atoms with van der Waals surface area (Å²) in [6, 6.07) is 0.381. The highest BCUT2D eigenvalue weighted by Crippen LogP contribution is 2.54. The first-order valence-electron chi connectivity index (χ1n) is 6.12. The average Bonchev–Trinajstić information content (AvgIpc) is 2.71. The Labute approximate surface area is 91.8 Å². The first kappa shape index (κ1) is 10.9. The second-order valence-electron chi connectivity index (χ2n) is 5.55. The summed E-state index contributed by atoms with van der Waals surface area (Å²) < 4.78 is 0. The summed E-state index contributed by atoms with van der Waals surface area (Å²) in [5.74, 6) is 2.31. The molecule has 0 spiro atoms. The molecule has 3 N–H and O–H groups in total. The lowest BCUT2D eigenvalue weighted by atomic mass is 10.0. The van der Waals surface area contributed by atoms with Gasteiger partial charge in [0, 0.05) is 18.0 Å². The fourth-order valence-electron chi connectivity index (χ4n) is 2.91. The SMILES string of the molecule is CC(N)CC(C)NC(=O)C1CC2CC2C1. The molecule has 15 heavy (non-hydrogen) atoms. The van der Waals surface area contributed by atoms with Gasteiger partial charge in [0.2, 0.25) is 5.91 Å². The van der Waals surface area contributed by atoms with E-state index >= 15 is 0 Å². The zero-order valence-corrected chi connectivity index (χ0v) is 9.70. The molecule has 0 aliphatic heterocycles. The Morgan fingerprint density at radius 2 is 1.93 bits per heavy atom. The molecule has 0 aromatic heterocycles. The molecule has 2 fully saturated rings. The van der Waals surface area contributed by atoms with Gasteiger partial charge < -0.3 is 11.1 Å². The van der Waals surface area contributed by atoms with Crippen LogP contribution in [0.5, 0.6) is 0 Å². The minimum Gasteiger partial charge on any atom is -0.353 e. The summed E-state index contributed by atoms with van der Waals surface area (Å²) in [5.41, 5.74) is 5.70. The van der Waals surface area contributed by atoms with Crippen molar-refractivity contribution in [2.24, 2.45) is 23.5 Å². The van der Waals surface area contributed by atoms with E-state index in [-0.39, 0.29) is 18.0 Å². The molecule has 3 heteroatoms. The van der Waals surface area contributed by atoms with E-state index in [0.717, 1.165) is 31.1 Å². The molecule has 0 aromatic carbocycles. The van der Waals surface area contributed by atoms with E-state index < -0.39 is 0 Å². The molecule has 2 aliphatic rings. The molecule has 2 rings (SSSR count). The number of amides is 1. The molecule has 1 amide bonds. The Morgan fingerprint density at radius 3 is 2.47 bits per heavy atom. The predicted molar refractivity (Wildman–Crippen MR) is 60.2 cm³/mol. The largest absolute Gasteiger partial charge is 0.353 e. The van der Waals surface area contributed by atoms with E-state index in [1.807, 2.05) is 13.8 Å². The first-order chi connectivity index (χ1) is 7.06. The molecule has 0 radical (unpaired) electrons. The maximum atomic E-state index is 11.9. The van der Waals surface area contributed by atoms with Crippen molar-refractivity contribution < 1.29 is 4.79 Å². The van der Waals surface area contributed by atoms with E-state index in [9.17, 15) is 4.79 Å². The van der Waals surface area contributed by atoms with Gasteiger partial charge in [0.15, 0.2) is 0 Å². The van der Waals surface area contributed by atoms with Gasteiger partial charge in [-0.05, 0) is 51.4 Å². The van der Waals surface area contributed by atoms with Crippen molar-refractivity contribution in [3.05, 3.63) is 0 Å². The summed E-state index contributed by atoms with van der Waals surface area (Å²) in [7, 11) is 0. The van der Waals surface area contributed by atoms with Crippen LogP contribution in [0.4, 0.5) is 0 Å². The number of carbonyl (C=O) groups excluding carboxylic acids is 1. The van der Waals surface area contributed by atoms with Gasteiger partial charge in [-0.1, -0.05) is 0 Å². The highest BCUT2D eigenvalue weighted by molar-refractivity contribution is 5.79. The lowest BCUT2D eigenvalue weighted by Gasteiger charge is -2.19. The summed E-state index contributed by atoms with van der Waals surface area (Å²) >= 11 is 0. The second-order valence-corrected chi connectivity index (χ2v) is 5.55. The van der Waals surface area contributed by atoms with Crippen molar-refractivity contribution >= 4 is 5.91 Å². The van der Waals surface area contributed by atoms with Crippen LogP contribution in [0.15, 0.2) is 0 Å². The van der Waals surface area contributed by atoms with E-state index in [2.05, 4.69) is 5.32 Å². The monoisotopic (exact) mass is 210 g/mol. The van der Waals surface area contributed by atoms with Gasteiger partial charge in [0.1, 0.15) is 0 Å². The minimum absolute atomic E-state index is 0.164. The molecule has 0 bridgehead atoms. The Kier molecular flexibility index (Phi) is 3.01. The van der Waals surface area contributed by atoms with Gasteiger partial charge in [-0.2, -0.15) is 0 Å². The summed E-state index contributed by atoms with van der Waals surface area (Å²) in [6.07, 6.45) is 4.49. The van der Waals surface area contributed by atoms with Crippen LogP contribution in [0.2, 0.25) is 0 Å². The van der Waals surface area contributed by atoms with Crippen LogP contribution in [-0.2, 0) is 4.79 Å². The Bertz CT molecular complexity index is 242. The molecule has 86 valence electrons. The second kappa shape index (κ2) is 4.12. The standard InChI is InChI=1S/C12H22N2O/c1-7(13)3-8(2)14-12(15)11-5-9-4-10(9)6-11/h7-11H,3-6,13H2,1-2H3,(H,14,15). The van der Waals surface area contributed by atoms with Gasteiger partial charge >= 0.3 is 0 Å². The number of nitrogens with two attached hydrogens (primary N) is 1. The van der Waals surface area contributed by atoms with Crippen molar-refractivity contribution in [1.82, 2.24) is 5.32 Å². The zero-order chi connectivity index (χ0) is 11.0. The molecule has 0 aromatic rings. The van der Waals surface area contributed by atoms with Crippen LogP contribution in [-0.4, -0.2) is 18.0 Å². The molecule has 0 saturated heterocycles. The highest BCUT2D eigenvalue weighted by atomic mass is 16.1. The van der Waals surface area contributed by atoms with Crippen molar-refractivity contribution in [2.45, 2.75) is 51.6 Å². The fraction of sp³-hybridized carbons (Fsp3) is 0.917. The van der Waals surface area contributed by atoms with Crippen molar-refractivity contribution in [1.29, 1.82) is 0 Å². The molecule has 2 saturated carbocycles. The van der Waals surface area contributed by atoms with Crippen molar-refractivity contribution in [2.75, 3.05) is 0 Å². The molecule has 4 atom stereocenters. The van der Waals surface area contributed by atoms with E-state index in [1.54, 1.807) is 0 Å². The molecular weight excluding hydrogens is 188 g/mol. The number of hydrogen-bond acceptors (Lipinski definition) is 2. The molecule has 4 unspecified atom stereocenters.